The Labute approximate surface area is 148 Å². The Kier molecular flexibility index (Phi) is 4.57. The van der Waals surface area contributed by atoms with E-state index in [2.05, 4.69) is 24.1 Å². The normalized spacial score (nSPS) is 11.2. The van der Waals surface area contributed by atoms with Crippen molar-refractivity contribution in [1.82, 2.24) is 4.98 Å². The van der Waals surface area contributed by atoms with Crippen LogP contribution < -0.4 is 5.32 Å². The van der Waals surface area contributed by atoms with E-state index < -0.39 is 0 Å². The molecule has 118 valence electrons. The number of amides is 1. The second-order valence-electron chi connectivity index (χ2n) is 5.47. The van der Waals surface area contributed by atoms with E-state index in [9.17, 15) is 4.79 Å². The molecule has 0 saturated carbocycles. The van der Waals surface area contributed by atoms with Crippen LogP contribution in [0.15, 0.2) is 36.4 Å². The summed E-state index contributed by atoms with van der Waals surface area (Å²) >= 11 is 13.6. The monoisotopic (exact) mass is 364 g/mol. The number of hydrogen-bond donors (Lipinski definition) is 1. The van der Waals surface area contributed by atoms with Gasteiger partial charge in [-0.25, -0.2) is 4.98 Å². The highest BCUT2D eigenvalue weighted by Gasteiger charge is 2.12. The van der Waals surface area contributed by atoms with Crippen molar-refractivity contribution >= 4 is 56.3 Å². The summed E-state index contributed by atoms with van der Waals surface area (Å²) in [5.41, 5.74) is 2.05. The lowest BCUT2D eigenvalue weighted by Crippen LogP contribution is -2.12. The first-order valence-corrected chi connectivity index (χ1v) is 8.68. The molecule has 6 heteroatoms. The lowest BCUT2D eigenvalue weighted by atomic mass is 10.2. The first-order valence-electron chi connectivity index (χ1n) is 7.11. The molecule has 3 aromatic rings. The quantitative estimate of drug-likeness (QED) is 0.620. The first-order chi connectivity index (χ1) is 10.9. The van der Waals surface area contributed by atoms with E-state index >= 15 is 0 Å². The summed E-state index contributed by atoms with van der Waals surface area (Å²) in [6, 6.07) is 10.5. The van der Waals surface area contributed by atoms with Gasteiger partial charge < -0.3 is 5.32 Å². The van der Waals surface area contributed by atoms with Gasteiger partial charge >= 0.3 is 0 Å². The number of thiazole rings is 1. The number of fused-ring (bicyclic) bond motifs is 1. The molecule has 1 amide bonds. The molecule has 0 aliphatic carbocycles. The van der Waals surface area contributed by atoms with Crippen LogP contribution >= 0.6 is 34.5 Å². The molecule has 0 atom stereocenters. The number of carbonyl (C=O) groups is 1. The van der Waals surface area contributed by atoms with E-state index in [1.165, 1.54) is 0 Å². The topological polar surface area (TPSA) is 42.0 Å². The molecule has 0 unspecified atom stereocenters. The van der Waals surface area contributed by atoms with Crippen LogP contribution in [0.2, 0.25) is 10.0 Å². The van der Waals surface area contributed by atoms with Crippen molar-refractivity contribution in [3.63, 3.8) is 0 Å². The van der Waals surface area contributed by atoms with Crippen molar-refractivity contribution in [2.75, 3.05) is 5.32 Å². The van der Waals surface area contributed by atoms with E-state index in [1.807, 2.05) is 18.2 Å². The van der Waals surface area contributed by atoms with Crippen LogP contribution in [-0.2, 0) is 0 Å². The molecule has 23 heavy (non-hydrogen) atoms. The fourth-order valence-corrected chi connectivity index (χ4v) is 3.64. The zero-order chi connectivity index (χ0) is 16.6. The van der Waals surface area contributed by atoms with Crippen LogP contribution in [0.1, 0.15) is 35.1 Å². The Morgan fingerprint density at radius 2 is 1.96 bits per heavy atom. The maximum absolute atomic E-state index is 12.3. The van der Waals surface area contributed by atoms with Crippen molar-refractivity contribution in [3.8, 4) is 0 Å². The van der Waals surface area contributed by atoms with Gasteiger partial charge in [-0.3, -0.25) is 4.79 Å². The molecule has 0 aliphatic heterocycles. The van der Waals surface area contributed by atoms with Gasteiger partial charge in [0.05, 0.1) is 25.8 Å². The van der Waals surface area contributed by atoms with Crippen molar-refractivity contribution in [1.29, 1.82) is 0 Å². The first kappa shape index (κ1) is 16.2. The number of benzene rings is 2. The summed E-state index contributed by atoms with van der Waals surface area (Å²) in [4.78, 5) is 16.9. The third kappa shape index (κ3) is 3.50. The van der Waals surface area contributed by atoms with Gasteiger partial charge in [-0.2, -0.15) is 0 Å². The molecule has 0 spiro atoms. The van der Waals surface area contributed by atoms with Crippen LogP contribution in [0.3, 0.4) is 0 Å². The molecule has 2 aromatic carbocycles. The second-order valence-corrected chi connectivity index (χ2v) is 7.37. The summed E-state index contributed by atoms with van der Waals surface area (Å²) in [5.74, 6) is 0.123. The Morgan fingerprint density at radius 3 is 2.65 bits per heavy atom. The molecule has 1 aromatic heterocycles. The average molecular weight is 365 g/mol. The molecule has 3 rings (SSSR count). The minimum absolute atomic E-state index is 0.264. The highest BCUT2D eigenvalue weighted by atomic mass is 35.5. The molecule has 3 nitrogen and oxygen atoms in total. The van der Waals surface area contributed by atoms with Gasteiger partial charge in [0.1, 0.15) is 0 Å². The Bertz CT molecular complexity index is 889. The van der Waals surface area contributed by atoms with Crippen LogP contribution in [0.25, 0.3) is 10.2 Å². The Balaban J connectivity index is 1.87. The zero-order valence-electron chi connectivity index (χ0n) is 12.6. The van der Waals surface area contributed by atoms with Gasteiger partial charge in [0.15, 0.2) is 0 Å². The van der Waals surface area contributed by atoms with Crippen LogP contribution in [-0.4, -0.2) is 10.9 Å². The number of rotatable bonds is 3. The van der Waals surface area contributed by atoms with Crippen molar-refractivity contribution in [2.45, 2.75) is 19.8 Å². The van der Waals surface area contributed by atoms with Crippen LogP contribution in [0.4, 0.5) is 5.69 Å². The van der Waals surface area contributed by atoms with Gasteiger partial charge in [0.25, 0.3) is 5.91 Å². The minimum atomic E-state index is -0.264. The highest BCUT2D eigenvalue weighted by Crippen LogP contribution is 2.29. The lowest BCUT2D eigenvalue weighted by molar-refractivity contribution is 0.102. The zero-order valence-corrected chi connectivity index (χ0v) is 14.9. The third-order valence-corrected chi connectivity index (χ3v) is 5.20. The smallest absolute Gasteiger partial charge is 0.257 e. The summed E-state index contributed by atoms with van der Waals surface area (Å²) in [7, 11) is 0. The molecule has 0 radical (unpaired) electrons. The fraction of sp³-hybridized carbons (Fsp3) is 0.176. The SMILES string of the molecule is CC(C)c1nc2ccc(NC(=O)c3ccc(Cl)cc3Cl)cc2s1. The number of hydrogen-bond acceptors (Lipinski definition) is 3. The van der Waals surface area contributed by atoms with E-state index in [4.69, 9.17) is 23.2 Å². The second kappa shape index (κ2) is 6.48. The maximum atomic E-state index is 12.3. The van der Waals surface area contributed by atoms with Crippen LogP contribution in [0.5, 0.6) is 0 Å². The predicted molar refractivity (Wildman–Crippen MR) is 98.1 cm³/mol. The molecule has 0 aliphatic rings. The number of carbonyl (C=O) groups excluding carboxylic acids is 1. The Morgan fingerprint density at radius 1 is 1.17 bits per heavy atom. The summed E-state index contributed by atoms with van der Waals surface area (Å²) in [6.45, 7) is 4.23. The van der Waals surface area contributed by atoms with Gasteiger partial charge in [-0.15, -0.1) is 11.3 Å². The summed E-state index contributed by atoms with van der Waals surface area (Å²) in [5, 5.41) is 4.78. The predicted octanol–water partition coefficient (Wildman–Crippen LogP) is 5.98. The number of nitrogens with one attached hydrogen (secondary N) is 1. The largest absolute Gasteiger partial charge is 0.322 e. The average Bonchev–Trinajstić information content (AvgIpc) is 2.90. The molecule has 0 bridgehead atoms. The number of anilines is 1. The highest BCUT2D eigenvalue weighted by molar-refractivity contribution is 7.18. The van der Waals surface area contributed by atoms with Gasteiger partial charge in [0, 0.05) is 16.6 Å². The number of nitrogens with zero attached hydrogens (tertiary/aromatic N) is 1. The van der Waals surface area contributed by atoms with Crippen molar-refractivity contribution < 1.29 is 4.79 Å². The van der Waals surface area contributed by atoms with E-state index in [-0.39, 0.29) is 5.91 Å². The molecule has 1 N–H and O–H groups in total. The van der Waals surface area contributed by atoms with E-state index in [0.29, 0.717) is 27.2 Å². The lowest BCUT2D eigenvalue weighted by Gasteiger charge is -2.07. The standard InChI is InChI=1S/C17H14Cl2N2OS/c1-9(2)17-21-14-6-4-11(8-15(14)23-17)20-16(22)12-5-3-10(18)7-13(12)19/h3-9H,1-2H3,(H,20,22). The van der Waals surface area contributed by atoms with E-state index in [0.717, 1.165) is 15.2 Å². The maximum Gasteiger partial charge on any atom is 0.257 e. The molecule has 1 heterocycles. The minimum Gasteiger partial charge on any atom is -0.322 e. The summed E-state index contributed by atoms with van der Waals surface area (Å²) < 4.78 is 1.05. The van der Waals surface area contributed by atoms with E-state index in [1.54, 1.807) is 29.5 Å². The third-order valence-electron chi connectivity index (χ3n) is 3.33. The van der Waals surface area contributed by atoms with Gasteiger partial charge in [-0.05, 0) is 36.4 Å². The van der Waals surface area contributed by atoms with Crippen molar-refractivity contribution in [2.24, 2.45) is 0 Å². The molecular weight excluding hydrogens is 351 g/mol. The van der Waals surface area contributed by atoms with Gasteiger partial charge in [0.2, 0.25) is 0 Å². The fourth-order valence-electron chi connectivity index (χ4n) is 2.14. The molecule has 0 saturated heterocycles. The Hall–Kier alpha value is -1.62. The molecule has 0 fully saturated rings. The number of aromatic nitrogens is 1. The van der Waals surface area contributed by atoms with Crippen LogP contribution in [0, 0.1) is 0 Å². The van der Waals surface area contributed by atoms with Gasteiger partial charge in [-0.1, -0.05) is 37.0 Å². The number of halogens is 2. The summed E-state index contributed by atoms with van der Waals surface area (Å²) in [6.07, 6.45) is 0. The van der Waals surface area contributed by atoms with Crippen molar-refractivity contribution in [3.05, 3.63) is 57.0 Å². The molecular formula is C17H14Cl2N2OS.